The smallest absolute Gasteiger partial charge is 0.302 e. The molecule has 0 bridgehead atoms. The Morgan fingerprint density at radius 2 is 1.87 bits per heavy atom. The number of rotatable bonds is 11. The largest absolute Gasteiger partial charge is 0.494 e. The Kier molecular flexibility index (Phi) is 7.71. The summed E-state index contributed by atoms with van der Waals surface area (Å²) in [5.74, 6) is 1.56. The Balaban J connectivity index is 1.39. The van der Waals surface area contributed by atoms with Gasteiger partial charge in [0.25, 0.3) is 0 Å². The maximum atomic E-state index is 12.3. The molecular weight excluding hydrogens is 382 g/mol. The lowest BCUT2D eigenvalue weighted by molar-refractivity contribution is -0.141. The zero-order valence-corrected chi connectivity index (χ0v) is 18.3. The number of hydrogen-bond donors (Lipinski definition) is 1. The van der Waals surface area contributed by atoms with Crippen molar-refractivity contribution in [3.05, 3.63) is 23.8 Å². The van der Waals surface area contributed by atoms with E-state index in [9.17, 15) is 9.59 Å². The number of nitrogens with one attached hydrogen (secondary N) is 1. The predicted molar refractivity (Wildman–Crippen MR) is 116 cm³/mol. The van der Waals surface area contributed by atoms with Crippen molar-refractivity contribution < 1.29 is 19.1 Å². The quantitative estimate of drug-likeness (QED) is 0.438. The van der Waals surface area contributed by atoms with Crippen LogP contribution in [0.25, 0.3) is 0 Å². The summed E-state index contributed by atoms with van der Waals surface area (Å²) in [6.45, 7) is 7.45. The molecule has 1 amide bonds. The minimum atomic E-state index is -0.202. The van der Waals surface area contributed by atoms with Gasteiger partial charge in [0.1, 0.15) is 11.8 Å². The monoisotopic (exact) mass is 415 g/mol. The Morgan fingerprint density at radius 1 is 1.17 bits per heavy atom. The molecular formula is C23H33N3O4. The fourth-order valence-corrected chi connectivity index (χ4v) is 3.96. The van der Waals surface area contributed by atoms with E-state index in [1.165, 1.54) is 6.92 Å². The third-order valence-corrected chi connectivity index (χ3v) is 5.47. The first-order valence-corrected chi connectivity index (χ1v) is 11.0. The molecule has 2 aliphatic rings. The van der Waals surface area contributed by atoms with Gasteiger partial charge in [-0.15, -0.1) is 0 Å². The number of ether oxygens (including phenoxy) is 2. The second-order valence-corrected chi connectivity index (χ2v) is 8.34. The second-order valence-electron chi connectivity index (χ2n) is 8.34. The highest BCUT2D eigenvalue weighted by molar-refractivity contribution is 6.07. The van der Waals surface area contributed by atoms with Gasteiger partial charge in [0, 0.05) is 19.0 Å². The van der Waals surface area contributed by atoms with Crippen molar-refractivity contribution in [2.75, 3.05) is 13.2 Å². The van der Waals surface area contributed by atoms with Crippen molar-refractivity contribution in [3.63, 3.8) is 0 Å². The van der Waals surface area contributed by atoms with Gasteiger partial charge in [-0.25, -0.2) is 4.99 Å². The number of hydrogen-bond acceptors (Lipinski definition) is 6. The number of esters is 1. The molecule has 7 nitrogen and oxygen atoms in total. The molecule has 0 saturated carbocycles. The lowest BCUT2D eigenvalue weighted by Crippen LogP contribution is -2.39. The third kappa shape index (κ3) is 5.74. The van der Waals surface area contributed by atoms with Crippen LogP contribution in [0, 0.1) is 5.92 Å². The molecule has 1 unspecified atom stereocenters. The molecule has 164 valence electrons. The average molecular weight is 416 g/mol. The Morgan fingerprint density at radius 3 is 2.57 bits per heavy atom. The molecule has 1 aromatic carbocycles. The highest BCUT2D eigenvalue weighted by atomic mass is 16.5. The first kappa shape index (κ1) is 22.1. The van der Waals surface area contributed by atoms with Crippen LogP contribution in [-0.2, 0) is 20.9 Å². The SMILES string of the molecule is CC(=O)OCCCCCCCCOc1ccc2c(c1)CN1C(=N2)NC(=O)C1C(C)C. The Hall–Kier alpha value is -2.57. The molecule has 7 heteroatoms. The van der Waals surface area contributed by atoms with Crippen LogP contribution in [-0.4, -0.2) is 42.0 Å². The zero-order valence-electron chi connectivity index (χ0n) is 18.3. The van der Waals surface area contributed by atoms with E-state index in [4.69, 9.17) is 9.47 Å². The van der Waals surface area contributed by atoms with Gasteiger partial charge in [-0.2, -0.15) is 0 Å². The van der Waals surface area contributed by atoms with Gasteiger partial charge in [0.15, 0.2) is 0 Å². The first-order valence-electron chi connectivity index (χ1n) is 11.0. The minimum absolute atomic E-state index is 0.0272. The number of benzene rings is 1. The number of aliphatic imine (C=N–C) groups is 1. The van der Waals surface area contributed by atoms with Gasteiger partial charge < -0.3 is 14.4 Å². The van der Waals surface area contributed by atoms with Crippen LogP contribution in [0.2, 0.25) is 0 Å². The van der Waals surface area contributed by atoms with E-state index < -0.39 is 0 Å². The van der Waals surface area contributed by atoms with Crippen LogP contribution >= 0.6 is 0 Å². The predicted octanol–water partition coefficient (Wildman–Crippen LogP) is 3.93. The van der Waals surface area contributed by atoms with Crippen LogP contribution in [0.3, 0.4) is 0 Å². The number of fused-ring (bicyclic) bond motifs is 2. The summed E-state index contributed by atoms with van der Waals surface area (Å²) in [5, 5.41) is 2.90. The number of guanidine groups is 1. The third-order valence-electron chi connectivity index (χ3n) is 5.47. The zero-order chi connectivity index (χ0) is 21.5. The summed E-state index contributed by atoms with van der Waals surface area (Å²) in [4.78, 5) is 29.6. The second kappa shape index (κ2) is 10.5. The molecule has 30 heavy (non-hydrogen) atoms. The minimum Gasteiger partial charge on any atom is -0.494 e. The molecule has 0 radical (unpaired) electrons. The lowest BCUT2D eigenvalue weighted by atomic mass is 10.0. The van der Waals surface area contributed by atoms with Crippen molar-refractivity contribution in [1.29, 1.82) is 0 Å². The molecule has 0 aliphatic carbocycles. The molecule has 1 atom stereocenters. The van der Waals surface area contributed by atoms with Crippen molar-refractivity contribution in [3.8, 4) is 5.75 Å². The van der Waals surface area contributed by atoms with Crippen molar-refractivity contribution >= 4 is 23.5 Å². The molecule has 0 aromatic heterocycles. The Bertz CT molecular complexity index is 791. The summed E-state index contributed by atoms with van der Waals surface area (Å²) in [6, 6.07) is 5.79. The van der Waals surface area contributed by atoms with Gasteiger partial charge in [0.2, 0.25) is 11.9 Å². The highest BCUT2D eigenvalue weighted by Crippen LogP contribution is 2.33. The Labute approximate surface area is 178 Å². The van der Waals surface area contributed by atoms with E-state index in [0.717, 1.165) is 55.5 Å². The number of amides is 1. The maximum absolute atomic E-state index is 12.3. The number of nitrogens with zero attached hydrogens (tertiary/aromatic N) is 2. The van der Waals surface area contributed by atoms with Crippen molar-refractivity contribution in [2.24, 2.45) is 10.9 Å². The molecule has 1 fully saturated rings. The van der Waals surface area contributed by atoms with Crippen LogP contribution in [0.1, 0.15) is 64.9 Å². The molecule has 1 saturated heterocycles. The topological polar surface area (TPSA) is 80.2 Å². The van der Waals surface area contributed by atoms with Gasteiger partial charge in [-0.05, 0) is 37.0 Å². The molecule has 3 rings (SSSR count). The number of carbonyl (C=O) groups excluding carboxylic acids is 2. The van der Waals surface area contributed by atoms with Gasteiger partial charge >= 0.3 is 5.97 Å². The van der Waals surface area contributed by atoms with E-state index in [1.54, 1.807) is 0 Å². The van der Waals surface area contributed by atoms with Gasteiger partial charge in [0.05, 0.1) is 18.9 Å². The highest BCUT2D eigenvalue weighted by Gasteiger charge is 2.40. The van der Waals surface area contributed by atoms with Crippen molar-refractivity contribution in [1.82, 2.24) is 10.2 Å². The molecule has 1 aromatic rings. The van der Waals surface area contributed by atoms with E-state index in [-0.39, 0.29) is 23.8 Å². The fourth-order valence-electron chi connectivity index (χ4n) is 3.96. The summed E-state index contributed by atoms with van der Waals surface area (Å²) in [6.07, 6.45) is 6.49. The lowest BCUT2D eigenvalue weighted by Gasteiger charge is -2.29. The van der Waals surface area contributed by atoms with Crippen LogP contribution in [0.5, 0.6) is 5.75 Å². The first-order chi connectivity index (χ1) is 14.5. The summed E-state index contributed by atoms with van der Waals surface area (Å²) in [5.41, 5.74) is 1.98. The van der Waals surface area contributed by atoms with Crippen LogP contribution < -0.4 is 10.1 Å². The average Bonchev–Trinajstić information content (AvgIpc) is 3.01. The van der Waals surface area contributed by atoms with Gasteiger partial charge in [-0.3, -0.25) is 14.9 Å². The van der Waals surface area contributed by atoms with E-state index in [0.29, 0.717) is 25.7 Å². The normalized spacial score (nSPS) is 17.3. The van der Waals surface area contributed by atoms with E-state index in [2.05, 4.69) is 29.1 Å². The van der Waals surface area contributed by atoms with Crippen LogP contribution in [0.4, 0.5) is 5.69 Å². The molecule has 2 heterocycles. The van der Waals surface area contributed by atoms with E-state index >= 15 is 0 Å². The molecule has 1 N–H and O–H groups in total. The van der Waals surface area contributed by atoms with Crippen LogP contribution in [0.15, 0.2) is 23.2 Å². The number of carbonyl (C=O) groups is 2. The van der Waals surface area contributed by atoms with Crippen molar-refractivity contribution in [2.45, 2.75) is 71.9 Å². The standard InChI is InChI=1S/C23H33N3O4/c1-16(2)21-22(28)25-23-24-20-11-10-19(14-18(20)15-26(21)23)30-13-9-7-5-4-6-8-12-29-17(3)27/h10-11,14,16,21H,4-9,12-13,15H2,1-3H3,(H,24,25,28). The maximum Gasteiger partial charge on any atom is 0.302 e. The van der Waals surface area contributed by atoms with E-state index in [1.807, 2.05) is 18.2 Å². The summed E-state index contributed by atoms with van der Waals surface area (Å²) < 4.78 is 10.9. The summed E-state index contributed by atoms with van der Waals surface area (Å²) in [7, 11) is 0. The molecule has 2 aliphatic heterocycles. The molecule has 0 spiro atoms. The number of unbranched alkanes of at least 4 members (excludes halogenated alkanes) is 5. The summed E-state index contributed by atoms with van der Waals surface area (Å²) >= 11 is 0. The van der Waals surface area contributed by atoms with Gasteiger partial charge in [-0.1, -0.05) is 39.5 Å². The fraction of sp³-hybridized carbons (Fsp3) is 0.609.